The minimum absolute atomic E-state index is 0.0364. The van der Waals surface area contributed by atoms with Gasteiger partial charge in [-0.2, -0.15) is 26.3 Å². The molecule has 19 heavy (non-hydrogen) atoms. The Labute approximate surface area is 111 Å². The molecule has 0 spiro atoms. The molecule has 0 aliphatic rings. The summed E-state index contributed by atoms with van der Waals surface area (Å²) in [5.41, 5.74) is -3.53. The average Bonchev–Trinajstić information content (AvgIpc) is 2.11. The van der Waals surface area contributed by atoms with Crippen molar-refractivity contribution in [2.75, 3.05) is 0 Å². The van der Waals surface area contributed by atoms with Gasteiger partial charge in [-0.05, 0) is 28.1 Å². The molecule has 0 aliphatic carbocycles. The highest BCUT2D eigenvalue weighted by atomic mass is 79.9. The molecule has 1 aromatic carbocycles. The molecule has 0 fully saturated rings. The van der Waals surface area contributed by atoms with Crippen molar-refractivity contribution in [2.24, 2.45) is 5.14 Å². The molecule has 0 atom stereocenters. The Bertz CT molecular complexity index is 607. The van der Waals surface area contributed by atoms with E-state index in [2.05, 4.69) is 21.1 Å². The van der Waals surface area contributed by atoms with Gasteiger partial charge in [0.25, 0.3) is 0 Å². The summed E-state index contributed by atoms with van der Waals surface area (Å²) in [5, 5.41) is 4.59. The number of hydrogen-bond acceptors (Lipinski definition) is 2. The van der Waals surface area contributed by atoms with Crippen LogP contribution in [0, 0.1) is 0 Å². The Morgan fingerprint density at radius 1 is 1.00 bits per heavy atom. The normalized spacial score (nSPS) is 13.7. The largest absolute Gasteiger partial charge is 0.417 e. The number of alkyl halides is 6. The lowest BCUT2D eigenvalue weighted by Gasteiger charge is -2.15. The molecule has 0 unspecified atom stereocenters. The van der Waals surface area contributed by atoms with E-state index in [-0.39, 0.29) is 12.1 Å². The van der Waals surface area contributed by atoms with Crippen molar-refractivity contribution in [3.63, 3.8) is 0 Å². The summed E-state index contributed by atoms with van der Waals surface area (Å²) in [4.78, 5) is -1.28. The van der Waals surface area contributed by atoms with E-state index in [0.717, 1.165) is 0 Å². The first-order valence-electron chi connectivity index (χ1n) is 4.25. The summed E-state index contributed by atoms with van der Waals surface area (Å²) in [5.74, 6) is 0. The molecule has 1 aromatic rings. The molecule has 0 bridgehead atoms. The molecule has 0 saturated carbocycles. The van der Waals surface area contributed by atoms with Gasteiger partial charge in [-0.25, -0.2) is 13.6 Å². The summed E-state index contributed by atoms with van der Waals surface area (Å²) in [6, 6.07) is -0.159. The summed E-state index contributed by atoms with van der Waals surface area (Å²) >= 11 is 2.31. The quantitative estimate of drug-likeness (QED) is 0.771. The molecule has 2 N–H and O–H groups in total. The number of nitrogens with two attached hydrogens (primary N) is 1. The van der Waals surface area contributed by atoms with Crippen LogP contribution in [-0.2, 0) is 22.4 Å². The fraction of sp³-hybridized carbons (Fsp3) is 0.250. The Hall–Kier alpha value is -0.810. The zero-order valence-electron chi connectivity index (χ0n) is 8.60. The van der Waals surface area contributed by atoms with E-state index in [1.165, 1.54) is 0 Å². The van der Waals surface area contributed by atoms with Crippen LogP contribution in [0.2, 0.25) is 0 Å². The average molecular weight is 372 g/mol. The molecule has 0 amide bonds. The Kier molecular flexibility index (Phi) is 3.96. The number of halogens is 7. The monoisotopic (exact) mass is 371 g/mol. The first-order valence-corrected chi connectivity index (χ1v) is 6.59. The lowest BCUT2D eigenvalue weighted by Crippen LogP contribution is -2.18. The fourth-order valence-corrected chi connectivity index (χ4v) is 2.96. The third-order valence-electron chi connectivity index (χ3n) is 1.98. The minimum atomic E-state index is -5.17. The number of benzene rings is 1. The van der Waals surface area contributed by atoms with Crippen LogP contribution in [0.25, 0.3) is 0 Å². The second-order valence-electron chi connectivity index (χ2n) is 3.38. The molecular weight excluding hydrogens is 368 g/mol. The van der Waals surface area contributed by atoms with Gasteiger partial charge in [0.15, 0.2) is 0 Å². The highest BCUT2D eigenvalue weighted by molar-refractivity contribution is 9.10. The fourth-order valence-electron chi connectivity index (χ4n) is 1.17. The maximum absolute atomic E-state index is 12.6. The van der Waals surface area contributed by atoms with E-state index < -0.39 is 42.9 Å². The van der Waals surface area contributed by atoms with Gasteiger partial charge in [-0.3, -0.25) is 0 Å². The summed E-state index contributed by atoms with van der Waals surface area (Å²) in [6.45, 7) is 0. The zero-order chi connectivity index (χ0) is 15.2. The summed E-state index contributed by atoms with van der Waals surface area (Å²) < 4.78 is 96.0. The first-order chi connectivity index (χ1) is 8.24. The van der Waals surface area contributed by atoms with Crippen LogP contribution in [0.1, 0.15) is 11.1 Å². The van der Waals surface area contributed by atoms with E-state index in [4.69, 9.17) is 0 Å². The third kappa shape index (κ3) is 3.60. The molecule has 108 valence electrons. The third-order valence-corrected chi connectivity index (χ3v) is 4.03. The standard InChI is InChI=1S/C8H4BrF6NO2S/c9-6-4(8(13,14)15)1-3(7(10,11)12)2-5(6)19(16,17)18/h1-2H,(H2,16,17,18). The minimum Gasteiger partial charge on any atom is -0.225 e. The van der Waals surface area contributed by atoms with Gasteiger partial charge < -0.3 is 0 Å². The van der Waals surface area contributed by atoms with Crippen molar-refractivity contribution < 1.29 is 34.8 Å². The lowest BCUT2D eigenvalue weighted by molar-refractivity contribution is -0.143. The highest BCUT2D eigenvalue weighted by Crippen LogP contribution is 2.42. The van der Waals surface area contributed by atoms with Gasteiger partial charge in [0.1, 0.15) is 0 Å². The molecule has 0 aromatic heterocycles. The van der Waals surface area contributed by atoms with Gasteiger partial charge in [0, 0.05) is 4.47 Å². The molecule has 0 aliphatic heterocycles. The van der Waals surface area contributed by atoms with Crippen molar-refractivity contribution in [3.05, 3.63) is 27.7 Å². The first kappa shape index (κ1) is 16.2. The lowest BCUT2D eigenvalue weighted by atomic mass is 10.1. The van der Waals surface area contributed by atoms with Crippen molar-refractivity contribution >= 4 is 26.0 Å². The van der Waals surface area contributed by atoms with Gasteiger partial charge in [-0.1, -0.05) is 0 Å². The van der Waals surface area contributed by atoms with Crippen molar-refractivity contribution in [1.29, 1.82) is 0 Å². The van der Waals surface area contributed by atoms with E-state index in [1.807, 2.05) is 0 Å². The van der Waals surface area contributed by atoms with Crippen LogP contribution in [-0.4, -0.2) is 8.42 Å². The van der Waals surface area contributed by atoms with Crippen molar-refractivity contribution in [3.8, 4) is 0 Å². The second kappa shape index (κ2) is 4.63. The van der Waals surface area contributed by atoms with Gasteiger partial charge in [0.2, 0.25) is 10.0 Å². The Morgan fingerprint density at radius 2 is 1.47 bits per heavy atom. The smallest absolute Gasteiger partial charge is 0.225 e. The zero-order valence-corrected chi connectivity index (χ0v) is 11.0. The van der Waals surface area contributed by atoms with Crippen LogP contribution < -0.4 is 5.14 Å². The Balaban J connectivity index is 3.78. The Morgan fingerprint density at radius 3 is 1.79 bits per heavy atom. The van der Waals surface area contributed by atoms with Crippen molar-refractivity contribution in [1.82, 2.24) is 0 Å². The summed E-state index contributed by atoms with van der Waals surface area (Å²) in [7, 11) is -4.75. The van der Waals surface area contributed by atoms with Gasteiger partial charge in [0.05, 0.1) is 16.0 Å². The predicted octanol–water partition coefficient (Wildman–Crippen LogP) is 3.13. The van der Waals surface area contributed by atoms with E-state index >= 15 is 0 Å². The molecule has 1 rings (SSSR count). The summed E-state index contributed by atoms with van der Waals surface area (Å²) in [6.07, 6.45) is -10.3. The number of primary sulfonamides is 1. The number of sulfonamides is 1. The van der Waals surface area contributed by atoms with Crippen molar-refractivity contribution in [2.45, 2.75) is 17.2 Å². The van der Waals surface area contributed by atoms with E-state index in [0.29, 0.717) is 0 Å². The topological polar surface area (TPSA) is 60.2 Å². The van der Waals surface area contributed by atoms with Crippen LogP contribution in [0.4, 0.5) is 26.3 Å². The van der Waals surface area contributed by atoms with Crippen LogP contribution in [0.5, 0.6) is 0 Å². The van der Waals surface area contributed by atoms with Crippen LogP contribution in [0.3, 0.4) is 0 Å². The highest BCUT2D eigenvalue weighted by Gasteiger charge is 2.40. The van der Waals surface area contributed by atoms with Gasteiger partial charge in [-0.15, -0.1) is 0 Å². The molecule has 11 heteroatoms. The maximum Gasteiger partial charge on any atom is 0.417 e. The maximum atomic E-state index is 12.6. The molecular formula is C8H4BrF6NO2S. The van der Waals surface area contributed by atoms with E-state index in [9.17, 15) is 34.8 Å². The van der Waals surface area contributed by atoms with Crippen LogP contribution >= 0.6 is 15.9 Å². The molecule has 3 nitrogen and oxygen atoms in total. The number of hydrogen-bond donors (Lipinski definition) is 1. The molecule has 0 heterocycles. The SMILES string of the molecule is NS(=O)(=O)c1cc(C(F)(F)F)cc(C(F)(F)F)c1Br. The van der Waals surface area contributed by atoms with Gasteiger partial charge >= 0.3 is 12.4 Å². The second-order valence-corrected chi connectivity index (χ2v) is 5.70. The molecule has 0 radical (unpaired) electrons. The van der Waals surface area contributed by atoms with Crippen LogP contribution in [0.15, 0.2) is 21.5 Å². The van der Waals surface area contributed by atoms with E-state index in [1.54, 1.807) is 0 Å². The number of rotatable bonds is 1. The predicted molar refractivity (Wildman–Crippen MR) is 55.5 cm³/mol. The molecule has 0 saturated heterocycles.